The molecule has 26 heavy (non-hydrogen) atoms. The summed E-state index contributed by atoms with van der Waals surface area (Å²) >= 11 is 0. The molecular formula is C21H29NO4. The summed E-state index contributed by atoms with van der Waals surface area (Å²) in [5.74, 6) is 0. The van der Waals surface area contributed by atoms with Crippen LogP contribution in [0.1, 0.15) is 63.4 Å². The molecule has 1 saturated heterocycles. The maximum atomic E-state index is 12.6. The molecule has 0 bridgehead atoms. The van der Waals surface area contributed by atoms with Gasteiger partial charge < -0.3 is 9.47 Å². The lowest BCUT2D eigenvalue weighted by atomic mass is 10.1. The molecule has 2 rings (SSSR count). The fraction of sp³-hybridized carbons (Fsp3) is 0.524. The van der Waals surface area contributed by atoms with Crippen LogP contribution < -0.4 is 0 Å². The van der Waals surface area contributed by atoms with Gasteiger partial charge >= 0.3 is 6.09 Å². The maximum Gasteiger partial charge on any atom is 0.412 e. The van der Waals surface area contributed by atoms with Gasteiger partial charge in [0, 0.05) is 5.56 Å². The van der Waals surface area contributed by atoms with Crippen molar-refractivity contribution in [3.05, 3.63) is 41.5 Å². The number of carbonyl (C=O) groups excluding carboxylic acids is 2. The Kier molecular flexibility index (Phi) is 6.24. The highest BCUT2D eigenvalue weighted by molar-refractivity contribution is 5.81. The van der Waals surface area contributed by atoms with E-state index >= 15 is 0 Å². The molecule has 1 aromatic rings. The van der Waals surface area contributed by atoms with Crippen LogP contribution in [-0.4, -0.2) is 41.3 Å². The van der Waals surface area contributed by atoms with E-state index in [0.717, 1.165) is 24.7 Å². The molecule has 1 fully saturated rings. The standard InChI is InChI=1S/C21H29NO4/c1-20(2,3)26-19(24)22-18(15-25-21(22,4)5)13-9-8-11-16-10-6-7-12-17(16)14-23/h6-8,10-12,14,18H,9,13,15H2,1-5H3/b11-8+/t18-/m0/s1. The summed E-state index contributed by atoms with van der Waals surface area (Å²) in [4.78, 5) is 25.4. The van der Waals surface area contributed by atoms with Gasteiger partial charge in [-0.15, -0.1) is 0 Å². The normalized spacial score (nSPS) is 19.7. The highest BCUT2D eigenvalue weighted by atomic mass is 16.6. The van der Waals surface area contributed by atoms with Crippen LogP contribution >= 0.6 is 0 Å². The van der Waals surface area contributed by atoms with Crippen molar-refractivity contribution in [2.75, 3.05) is 6.61 Å². The Labute approximate surface area is 156 Å². The number of amides is 1. The van der Waals surface area contributed by atoms with Crippen LogP contribution in [0.2, 0.25) is 0 Å². The van der Waals surface area contributed by atoms with Gasteiger partial charge in [0.25, 0.3) is 0 Å². The van der Waals surface area contributed by atoms with Gasteiger partial charge in [-0.2, -0.15) is 0 Å². The second kappa shape index (κ2) is 8.04. The quantitative estimate of drug-likeness (QED) is 0.717. The van der Waals surface area contributed by atoms with Gasteiger partial charge in [0.05, 0.1) is 12.6 Å². The monoisotopic (exact) mass is 359 g/mol. The molecular weight excluding hydrogens is 330 g/mol. The highest BCUT2D eigenvalue weighted by Gasteiger charge is 2.45. The molecule has 5 nitrogen and oxygen atoms in total. The van der Waals surface area contributed by atoms with Crippen molar-refractivity contribution in [3.8, 4) is 0 Å². The topological polar surface area (TPSA) is 55.8 Å². The van der Waals surface area contributed by atoms with Crippen molar-refractivity contribution >= 4 is 18.5 Å². The van der Waals surface area contributed by atoms with E-state index in [1.807, 2.05) is 65.0 Å². The van der Waals surface area contributed by atoms with E-state index in [4.69, 9.17) is 9.47 Å². The number of rotatable bonds is 5. The molecule has 0 saturated carbocycles. The number of carbonyl (C=O) groups is 2. The fourth-order valence-electron chi connectivity index (χ4n) is 3.05. The molecule has 0 N–H and O–H groups in total. The fourth-order valence-corrected chi connectivity index (χ4v) is 3.05. The number of hydrogen-bond acceptors (Lipinski definition) is 4. The Bertz CT molecular complexity index is 673. The van der Waals surface area contributed by atoms with Gasteiger partial charge in [-0.1, -0.05) is 36.4 Å². The van der Waals surface area contributed by atoms with E-state index in [0.29, 0.717) is 12.2 Å². The van der Waals surface area contributed by atoms with E-state index in [2.05, 4.69) is 0 Å². The molecule has 0 aliphatic carbocycles. The van der Waals surface area contributed by atoms with Crippen LogP contribution in [0.15, 0.2) is 30.3 Å². The van der Waals surface area contributed by atoms with Crippen molar-refractivity contribution in [2.24, 2.45) is 0 Å². The zero-order valence-electron chi connectivity index (χ0n) is 16.3. The summed E-state index contributed by atoms with van der Waals surface area (Å²) in [6, 6.07) is 7.42. The highest BCUT2D eigenvalue weighted by Crippen LogP contribution is 2.31. The molecule has 0 radical (unpaired) electrons. The minimum Gasteiger partial charge on any atom is -0.444 e. The summed E-state index contributed by atoms with van der Waals surface area (Å²) in [5.41, 5.74) is 0.346. The lowest BCUT2D eigenvalue weighted by Crippen LogP contribution is -2.49. The van der Waals surface area contributed by atoms with Crippen molar-refractivity contribution in [1.82, 2.24) is 4.90 Å². The number of hydrogen-bond donors (Lipinski definition) is 0. The second-order valence-corrected chi connectivity index (χ2v) is 7.99. The Morgan fingerprint density at radius 2 is 1.96 bits per heavy atom. The van der Waals surface area contributed by atoms with Crippen LogP contribution in [0.4, 0.5) is 4.79 Å². The molecule has 142 valence electrons. The van der Waals surface area contributed by atoms with E-state index < -0.39 is 11.3 Å². The van der Waals surface area contributed by atoms with E-state index in [9.17, 15) is 9.59 Å². The van der Waals surface area contributed by atoms with Crippen LogP contribution in [0, 0.1) is 0 Å². The zero-order valence-corrected chi connectivity index (χ0v) is 16.3. The number of benzene rings is 1. The minimum absolute atomic E-state index is 0.0363. The molecule has 1 amide bonds. The lowest BCUT2D eigenvalue weighted by molar-refractivity contribution is -0.0626. The first kappa shape index (κ1) is 20.2. The molecule has 0 aromatic heterocycles. The smallest absolute Gasteiger partial charge is 0.412 e. The van der Waals surface area contributed by atoms with E-state index in [1.165, 1.54) is 0 Å². The number of nitrogens with zero attached hydrogens (tertiary/aromatic N) is 1. The zero-order chi connectivity index (χ0) is 19.4. The Balaban J connectivity index is 2.00. The summed E-state index contributed by atoms with van der Waals surface area (Å²) < 4.78 is 11.4. The summed E-state index contributed by atoms with van der Waals surface area (Å²) in [7, 11) is 0. The first-order chi connectivity index (χ1) is 12.1. The van der Waals surface area contributed by atoms with Crippen molar-refractivity contribution in [2.45, 2.75) is 64.8 Å². The van der Waals surface area contributed by atoms with Crippen LogP contribution in [-0.2, 0) is 9.47 Å². The summed E-state index contributed by atoms with van der Waals surface area (Å²) in [6.45, 7) is 9.83. The van der Waals surface area contributed by atoms with Crippen molar-refractivity contribution < 1.29 is 19.1 Å². The summed E-state index contributed by atoms with van der Waals surface area (Å²) in [6.07, 6.45) is 6.03. The van der Waals surface area contributed by atoms with Gasteiger partial charge in [0.2, 0.25) is 0 Å². The van der Waals surface area contributed by atoms with Crippen molar-refractivity contribution in [1.29, 1.82) is 0 Å². The van der Waals surface area contributed by atoms with Crippen LogP contribution in [0.3, 0.4) is 0 Å². The molecule has 0 spiro atoms. The molecule has 0 unspecified atom stereocenters. The Morgan fingerprint density at radius 1 is 1.31 bits per heavy atom. The molecule has 1 aromatic carbocycles. The predicted octanol–water partition coefficient (Wildman–Crippen LogP) is 4.66. The van der Waals surface area contributed by atoms with Gasteiger partial charge in [-0.3, -0.25) is 9.69 Å². The Hall–Kier alpha value is -2.14. The average Bonchev–Trinajstić information content (AvgIpc) is 2.85. The second-order valence-electron chi connectivity index (χ2n) is 7.99. The molecule has 1 atom stereocenters. The molecule has 1 heterocycles. The lowest BCUT2D eigenvalue weighted by Gasteiger charge is -2.35. The van der Waals surface area contributed by atoms with Crippen LogP contribution in [0.25, 0.3) is 6.08 Å². The third kappa shape index (κ3) is 5.18. The molecule has 1 aliphatic heterocycles. The van der Waals surface area contributed by atoms with Gasteiger partial charge in [0.15, 0.2) is 6.29 Å². The predicted molar refractivity (Wildman–Crippen MR) is 102 cm³/mol. The van der Waals surface area contributed by atoms with E-state index in [-0.39, 0.29) is 12.1 Å². The Morgan fingerprint density at radius 3 is 2.58 bits per heavy atom. The average molecular weight is 359 g/mol. The molecule has 1 aliphatic rings. The number of allylic oxidation sites excluding steroid dienone is 1. The van der Waals surface area contributed by atoms with Gasteiger partial charge in [0.1, 0.15) is 11.3 Å². The van der Waals surface area contributed by atoms with Gasteiger partial charge in [-0.25, -0.2) is 4.79 Å². The largest absolute Gasteiger partial charge is 0.444 e. The third-order valence-corrected chi connectivity index (χ3v) is 4.25. The first-order valence-corrected chi connectivity index (χ1v) is 9.01. The van der Waals surface area contributed by atoms with Crippen molar-refractivity contribution in [3.63, 3.8) is 0 Å². The number of aldehydes is 1. The maximum absolute atomic E-state index is 12.6. The SMILES string of the molecule is CC(C)(C)OC(=O)N1[C@@H](CC/C=C/c2ccccc2C=O)COC1(C)C. The van der Waals surface area contributed by atoms with Crippen LogP contribution in [0.5, 0.6) is 0 Å². The third-order valence-electron chi connectivity index (χ3n) is 4.25. The minimum atomic E-state index is -0.680. The number of ether oxygens (including phenoxy) is 2. The summed E-state index contributed by atoms with van der Waals surface area (Å²) in [5, 5.41) is 0. The molecule has 5 heteroatoms. The van der Waals surface area contributed by atoms with E-state index in [1.54, 1.807) is 11.0 Å². The van der Waals surface area contributed by atoms with Gasteiger partial charge in [-0.05, 0) is 53.0 Å². The first-order valence-electron chi connectivity index (χ1n) is 9.01.